The Balaban J connectivity index is 0.797. The zero-order valence-corrected chi connectivity index (χ0v) is 30.3. The maximum absolute atomic E-state index is 14.6. The average Bonchev–Trinajstić information content (AvgIpc) is 3.74. The summed E-state index contributed by atoms with van der Waals surface area (Å²) in [6.07, 6.45) is 8.35. The van der Waals surface area contributed by atoms with Crippen LogP contribution in [0.1, 0.15) is 85.1 Å². The van der Waals surface area contributed by atoms with E-state index < -0.39 is 23.3 Å². The Hall–Kier alpha value is -5.14. The molecule has 1 amide bonds. The van der Waals surface area contributed by atoms with E-state index in [2.05, 4.69) is 43.9 Å². The van der Waals surface area contributed by atoms with E-state index in [-0.39, 0.29) is 29.4 Å². The van der Waals surface area contributed by atoms with Gasteiger partial charge in [0, 0.05) is 23.8 Å². The molecule has 13 heteroatoms. The van der Waals surface area contributed by atoms with Gasteiger partial charge in [-0.1, -0.05) is 25.1 Å². The number of H-pyrrole nitrogens is 1. The lowest BCUT2D eigenvalue weighted by Gasteiger charge is -2.50. The molecule has 2 fully saturated rings. The van der Waals surface area contributed by atoms with Crippen molar-refractivity contribution in [1.29, 1.82) is 0 Å². The SMILES string of the molecule is Cn1ncnc1[C@H]1c2n[nH]c(=O)c3cc(F)cc(c23)N[C@@H]1c1ccc(NC(=O)COCCO[C@H]2CC[C@H]3[C@@H]4CCc5cc(O)ccc5[C@H]4CC[C@]23C)cc1. The Morgan fingerprint density at radius 1 is 1.09 bits per heavy atom. The number of rotatable bonds is 9. The van der Waals surface area contributed by atoms with Gasteiger partial charge in [0.2, 0.25) is 5.91 Å². The number of aromatic hydroxyl groups is 1. The molecule has 4 N–H and O–H groups in total. The first kappa shape index (κ1) is 34.6. The molecule has 3 heterocycles. The van der Waals surface area contributed by atoms with Crippen molar-refractivity contribution in [2.75, 3.05) is 30.5 Å². The van der Waals surface area contributed by atoms with Crippen molar-refractivity contribution in [3.63, 3.8) is 0 Å². The maximum Gasteiger partial charge on any atom is 0.272 e. The van der Waals surface area contributed by atoms with E-state index in [1.165, 1.54) is 42.4 Å². The van der Waals surface area contributed by atoms with Crippen molar-refractivity contribution in [2.24, 2.45) is 24.3 Å². The fraction of sp³-hybridized carbons (Fsp3) is 0.439. The number of nitrogens with zero attached hydrogens (tertiary/aromatic N) is 4. The molecule has 7 atom stereocenters. The van der Waals surface area contributed by atoms with Crippen LogP contribution in [0.15, 0.2) is 65.7 Å². The van der Waals surface area contributed by atoms with E-state index >= 15 is 0 Å². The van der Waals surface area contributed by atoms with E-state index in [9.17, 15) is 19.1 Å². The van der Waals surface area contributed by atoms with E-state index in [1.807, 2.05) is 36.4 Å². The number of halogens is 1. The maximum atomic E-state index is 14.6. The van der Waals surface area contributed by atoms with Crippen LogP contribution in [0.5, 0.6) is 5.75 Å². The molecule has 0 spiro atoms. The molecule has 0 radical (unpaired) electrons. The van der Waals surface area contributed by atoms with Gasteiger partial charge < -0.3 is 25.2 Å². The smallest absolute Gasteiger partial charge is 0.272 e. The van der Waals surface area contributed by atoms with Gasteiger partial charge in [-0.3, -0.25) is 14.3 Å². The number of ether oxygens (including phenoxy) is 2. The van der Waals surface area contributed by atoms with Gasteiger partial charge in [0.1, 0.15) is 30.3 Å². The molecule has 54 heavy (non-hydrogen) atoms. The Morgan fingerprint density at radius 2 is 1.94 bits per heavy atom. The van der Waals surface area contributed by atoms with Crippen molar-refractivity contribution in [2.45, 2.75) is 69.4 Å². The summed E-state index contributed by atoms with van der Waals surface area (Å²) in [4.78, 5) is 29.9. The number of benzene rings is 3. The first-order valence-electron chi connectivity index (χ1n) is 18.9. The van der Waals surface area contributed by atoms with E-state index in [1.54, 1.807) is 11.7 Å². The molecule has 12 nitrogen and oxygen atoms in total. The molecule has 1 aliphatic heterocycles. The number of aromatic nitrogens is 5. The first-order valence-corrected chi connectivity index (χ1v) is 18.9. The topological polar surface area (TPSA) is 156 Å². The summed E-state index contributed by atoms with van der Waals surface area (Å²) in [5, 5.41) is 28.3. The molecule has 2 aromatic heterocycles. The number of fused-ring (bicyclic) bond motifs is 5. The minimum absolute atomic E-state index is 0.0942. The summed E-state index contributed by atoms with van der Waals surface area (Å²) >= 11 is 0. The van der Waals surface area contributed by atoms with Crippen LogP contribution in [0.4, 0.5) is 15.8 Å². The standard InChI is InChI=1S/C41H44FN7O5/c1-41-14-13-28-27-10-8-26(50)17-23(27)5-9-29(28)31(41)11-12-33(41)54-16-15-53-20-34(51)45-25-6-3-22(4-7-25)37-36(39-43-21-44-49(39)2)38-35-30(40(52)48-47-38)18-24(42)19-32(35)46-37/h3-4,6-8,10,17-19,21,28-29,31,33,36-37,46,50H,5,9,11-16,20H2,1-2H3,(H,45,51)(H,48,52)/t28-,29-,31+,33+,36-,37-,41+/m1/s1. The van der Waals surface area contributed by atoms with Crippen molar-refractivity contribution in [3.8, 4) is 5.75 Å². The predicted octanol–water partition coefficient (Wildman–Crippen LogP) is 6.09. The van der Waals surface area contributed by atoms with Crippen LogP contribution in [0.2, 0.25) is 0 Å². The number of aromatic amines is 1. The second-order valence-electron chi connectivity index (χ2n) is 15.7. The number of phenols is 1. The number of carbonyl (C=O) groups is 1. The molecule has 0 unspecified atom stereocenters. The number of anilines is 2. The van der Waals surface area contributed by atoms with Crippen LogP contribution in [0, 0.1) is 23.1 Å². The Labute approximate surface area is 311 Å². The first-order chi connectivity index (χ1) is 26.2. The van der Waals surface area contributed by atoms with Gasteiger partial charge in [0.05, 0.1) is 42.4 Å². The zero-order chi connectivity index (χ0) is 37.1. The van der Waals surface area contributed by atoms with Crippen molar-refractivity contribution in [1.82, 2.24) is 25.0 Å². The minimum atomic E-state index is -0.534. The van der Waals surface area contributed by atoms with Gasteiger partial charge >= 0.3 is 0 Å². The summed E-state index contributed by atoms with van der Waals surface area (Å²) in [5.41, 5.74) is 4.89. The molecule has 5 aromatic rings. The predicted molar refractivity (Wildman–Crippen MR) is 200 cm³/mol. The number of hydrogen-bond donors (Lipinski definition) is 4. The Morgan fingerprint density at radius 3 is 2.76 bits per heavy atom. The van der Waals surface area contributed by atoms with E-state index in [4.69, 9.17) is 9.47 Å². The Kier molecular flexibility index (Phi) is 8.73. The highest BCUT2D eigenvalue weighted by Crippen LogP contribution is 2.61. The minimum Gasteiger partial charge on any atom is -0.508 e. The van der Waals surface area contributed by atoms with Gasteiger partial charge in [-0.2, -0.15) is 10.2 Å². The molecule has 2 saturated carbocycles. The monoisotopic (exact) mass is 733 g/mol. The van der Waals surface area contributed by atoms with E-state index in [0.29, 0.717) is 65.0 Å². The van der Waals surface area contributed by atoms with Gasteiger partial charge in [-0.15, -0.1) is 0 Å². The Bertz CT molecular complexity index is 2290. The number of aryl methyl sites for hydroxylation is 2. The third-order valence-corrected chi connectivity index (χ3v) is 12.8. The highest BCUT2D eigenvalue weighted by molar-refractivity contribution is 5.97. The van der Waals surface area contributed by atoms with Crippen LogP contribution in [0.3, 0.4) is 0 Å². The molecule has 3 aliphatic carbocycles. The zero-order valence-electron chi connectivity index (χ0n) is 30.3. The van der Waals surface area contributed by atoms with Crippen LogP contribution in [-0.2, 0) is 27.7 Å². The van der Waals surface area contributed by atoms with Gasteiger partial charge in [-0.05, 0) is 115 Å². The van der Waals surface area contributed by atoms with Crippen molar-refractivity contribution >= 4 is 28.1 Å². The lowest BCUT2D eigenvalue weighted by molar-refractivity contribution is -0.122. The molecule has 0 saturated heterocycles. The highest BCUT2D eigenvalue weighted by atomic mass is 19.1. The van der Waals surface area contributed by atoms with Gasteiger partial charge in [0.15, 0.2) is 0 Å². The summed E-state index contributed by atoms with van der Waals surface area (Å²) in [6.45, 7) is 3.09. The lowest BCUT2D eigenvalue weighted by Crippen LogP contribution is -2.45. The second-order valence-corrected chi connectivity index (χ2v) is 15.7. The van der Waals surface area contributed by atoms with Gasteiger partial charge in [0.25, 0.3) is 5.56 Å². The second kappa shape index (κ2) is 13.6. The summed E-state index contributed by atoms with van der Waals surface area (Å²) in [5.74, 6) is 1.57. The highest BCUT2D eigenvalue weighted by Gasteiger charge is 2.55. The number of carbonyl (C=O) groups excluding carboxylic acids is 1. The molecule has 280 valence electrons. The fourth-order valence-electron chi connectivity index (χ4n) is 10.3. The van der Waals surface area contributed by atoms with Crippen molar-refractivity contribution in [3.05, 3.63) is 105 Å². The molecule has 3 aromatic carbocycles. The number of phenolic OH excluding ortho intramolecular Hbond substituents is 1. The van der Waals surface area contributed by atoms with E-state index in [0.717, 1.165) is 31.2 Å². The molecular formula is C41H44FN7O5. The third kappa shape index (κ3) is 5.94. The largest absolute Gasteiger partial charge is 0.508 e. The molecular weight excluding hydrogens is 689 g/mol. The number of nitrogens with one attached hydrogen (secondary N) is 3. The summed E-state index contributed by atoms with van der Waals surface area (Å²) in [7, 11) is 1.79. The average molecular weight is 734 g/mol. The molecule has 9 rings (SSSR count). The summed E-state index contributed by atoms with van der Waals surface area (Å²) < 4.78 is 28.5. The van der Waals surface area contributed by atoms with Crippen LogP contribution < -0.4 is 16.2 Å². The van der Waals surface area contributed by atoms with Gasteiger partial charge in [-0.25, -0.2) is 14.5 Å². The van der Waals surface area contributed by atoms with Crippen LogP contribution in [-0.4, -0.2) is 61.9 Å². The third-order valence-electron chi connectivity index (χ3n) is 12.8. The number of amides is 1. The normalized spacial score (nSPS) is 26.8. The fourth-order valence-corrected chi connectivity index (χ4v) is 10.3. The molecule has 4 aliphatic rings. The molecule has 0 bridgehead atoms. The quantitative estimate of drug-likeness (QED) is 0.132. The van der Waals surface area contributed by atoms with Crippen molar-refractivity contribution < 1.29 is 23.8 Å². The lowest BCUT2D eigenvalue weighted by atomic mass is 9.55. The number of hydrogen-bond acceptors (Lipinski definition) is 9. The van der Waals surface area contributed by atoms with Crippen LogP contribution in [0.25, 0.3) is 10.8 Å². The summed E-state index contributed by atoms with van der Waals surface area (Å²) in [6, 6.07) is 15.5. The van der Waals surface area contributed by atoms with Crippen LogP contribution >= 0.6 is 0 Å².